The molecule has 0 radical (unpaired) electrons. The maximum Gasteiger partial charge on any atom is 0.307 e. The summed E-state index contributed by atoms with van der Waals surface area (Å²) in [4.78, 5) is 16.2. The number of allylic oxidation sites excluding steroid dienone is 1. The van der Waals surface area contributed by atoms with Gasteiger partial charge in [0.1, 0.15) is 0 Å². The van der Waals surface area contributed by atoms with Crippen LogP contribution in [0.15, 0.2) is 11.6 Å². The molecule has 1 fully saturated rings. The van der Waals surface area contributed by atoms with Crippen LogP contribution in [0, 0.1) is 0 Å². The lowest BCUT2D eigenvalue weighted by atomic mass is 10.1. The van der Waals surface area contributed by atoms with E-state index in [2.05, 4.69) is 36.6 Å². The molecule has 1 rings (SSSR count). The molecule has 0 saturated carbocycles. The van der Waals surface area contributed by atoms with Gasteiger partial charge in [0.25, 0.3) is 0 Å². The zero-order chi connectivity index (χ0) is 14.3. The third kappa shape index (κ3) is 5.33. The van der Waals surface area contributed by atoms with Gasteiger partial charge in [-0.1, -0.05) is 11.6 Å². The fraction of sp³-hybridized carbons (Fsp3) is 0.800. The van der Waals surface area contributed by atoms with Crippen molar-refractivity contribution < 1.29 is 9.53 Å². The Hall–Kier alpha value is -0.870. The number of rotatable bonds is 6. The Morgan fingerprint density at radius 3 is 2.47 bits per heavy atom. The minimum absolute atomic E-state index is 0.0805. The average molecular weight is 268 g/mol. The van der Waals surface area contributed by atoms with E-state index in [-0.39, 0.29) is 5.97 Å². The minimum Gasteiger partial charge on any atom is -0.466 e. The van der Waals surface area contributed by atoms with E-state index in [4.69, 9.17) is 4.74 Å². The highest BCUT2D eigenvalue weighted by atomic mass is 16.5. The molecule has 0 spiro atoms. The SMILES string of the molecule is C/C=C(/C)C(C)N1CCN(CCC(=O)OCC)CC1. The molecule has 0 aromatic heterocycles. The molecule has 0 N–H and O–H groups in total. The molecule has 1 atom stereocenters. The molecular weight excluding hydrogens is 240 g/mol. The van der Waals surface area contributed by atoms with Crippen molar-refractivity contribution in [1.29, 1.82) is 0 Å². The van der Waals surface area contributed by atoms with E-state index in [1.165, 1.54) is 5.57 Å². The van der Waals surface area contributed by atoms with Gasteiger partial charge in [-0.3, -0.25) is 9.69 Å². The fourth-order valence-corrected chi connectivity index (χ4v) is 2.39. The van der Waals surface area contributed by atoms with Crippen molar-refractivity contribution in [3.05, 3.63) is 11.6 Å². The molecule has 0 amide bonds. The first-order valence-corrected chi connectivity index (χ1v) is 7.33. The fourth-order valence-electron chi connectivity index (χ4n) is 2.39. The van der Waals surface area contributed by atoms with Gasteiger partial charge in [-0.05, 0) is 27.7 Å². The summed E-state index contributed by atoms with van der Waals surface area (Å²) in [6.07, 6.45) is 2.70. The lowest BCUT2D eigenvalue weighted by Crippen LogP contribution is -2.50. The molecule has 110 valence electrons. The van der Waals surface area contributed by atoms with E-state index >= 15 is 0 Å². The molecule has 1 aliphatic rings. The first-order chi connectivity index (χ1) is 9.08. The summed E-state index contributed by atoms with van der Waals surface area (Å²) in [5.74, 6) is -0.0805. The van der Waals surface area contributed by atoms with Gasteiger partial charge in [0.15, 0.2) is 0 Å². The van der Waals surface area contributed by atoms with Crippen molar-refractivity contribution in [3.8, 4) is 0 Å². The molecule has 4 nitrogen and oxygen atoms in total. The number of hydrogen-bond donors (Lipinski definition) is 0. The van der Waals surface area contributed by atoms with E-state index in [1.54, 1.807) is 0 Å². The quantitative estimate of drug-likeness (QED) is 0.544. The molecule has 4 heteroatoms. The molecule has 1 unspecified atom stereocenters. The molecule has 1 saturated heterocycles. The van der Waals surface area contributed by atoms with Crippen LogP contribution in [0.5, 0.6) is 0 Å². The minimum atomic E-state index is -0.0805. The number of hydrogen-bond acceptors (Lipinski definition) is 4. The third-order valence-electron chi connectivity index (χ3n) is 4.01. The van der Waals surface area contributed by atoms with Gasteiger partial charge in [0.2, 0.25) is 0 Å². The van der Waals surface area contributed by atoms with E-state index in [1.807, 2.05) is 6.92 Å². The van der Waals surface area contributed by atoms with Crippen molar-refractivity contribution in [3.63, 3.8) is 0 Å². The maximum absolute atomic E-state index is 11.3. The third-order valence-corrected chi connectivity index (χ3v) is 4.01. The maximum atomic E-state index is 11.3. The van der Waals surface area contributed by atoms with Crippen molar-refractivity contribution in [2.24, 2.45) is 0 Å². The Bertz CT molecular complexity index is 307. The summed E-state index contributed by atoms with van der Waals surface area (Å²) >= 11 is 0. The Morgan fingerprint density at radius 1 is 1.32 bits per heavy atom. The van der Waals surface area contributed by atoms with Gasteiger partial charge in [-0.25, -0.2) is 0 Å². The number of nitrogens with zero attached hydrogens (tertiary/aromatic N) is 2. The summed E-state index contributed by atoms with van der Waals surface area (Å²) in [6.45, 7) is 14.0. The Balaban J connectivity index is 2.27. The van der Waals surface area contributed by atoms with Crippen molar-refractivity contribution in [2.75, 3.05) is 39.3 Å². The van der Waals surface area contributed by atoms with Gasteiger partial charge in [0.05, 0.1) is 13.0 Å². The highest BCUT2D eigenvalue weighted by Gasteiger charge is 2.21. The average Bonchev–Trinajstić information content (AvgIpc) is 2.44. The summed E-state index contributed by atoms with van der Waals surface area (Å²) in [5, 5.41) is 0. The van der Waals surface area contributed by atoms with Crippen LogP contribution in [-0.4, -0.2) is 61.1 Å². The second-order valence-electron chi connectivity index (χ2n) is 5.14. The number of esters is 1. The number of carbonyl (C=O) groups excluding carboxylic acids is 1. The highest BCUT2D eigenvalue weighted by Crippen LogP contribution is 2.13. The zero-order valence-corrected chi connectivity index (χ0v) is 12.8. The smallest absolute Gasteiger partial charge is 0.307 e. The van der Waals surface area contributed by atoms with E-state index in [9.17, 15) is 4.79 Å². The summed E-state index contributed by atoms with van der Waals surface area (Å²) in [7, 11) is 0. The number of carbonyl (C=O) groups is 1. The van der Waals surface area contributed by atoms with Crippen LogP contribution < -0.4 is 0 Å². The largest absolute Gasteiger partial charge is 0.466 e. The van der Waals surface area contributed by atoms with Crippen LogP contribution >= 0.6 is 0 Å². The molecule has 0 aromatic rings. The molecule has 19 heavy (non-hydrogen) atoms. The van der Waals surface area contributed by atoms with Crippen LogP contribution in [0.1, 0.15) is 34.1 Å². The van der Waals surface area contributed by atoms with Crippen LogP contribution in [0.3, 0.4) is 0 Å². The molecule has 1 aliphatic heterocycles. The zero-order valence-electron chi connectivity index (χ0n) is 12.8. The van der Waals surface area contributed by atoms with E-state index in [0.29, 0.717) is 19.1 Å². The summed E-state index contributed by atoms with van der Waals surface area (Å²) in [6, 6.07) is 0.525. The van der Waals surface area contributed by atoms with Crippen LogP contribution in [-0.2, 0) is 9.53 Å². The molecule has 1 heterocycles. The number of piperazine rings is 1. The molecular formula is C15H28N2O2. The van der Waals surface area contributed by atoms with Gasteiger partial charge in [0, 0.05) is 38.8 Å². The highest BCUT2D eigenvalue weighted by molar-refractivity contribution is 5.69. The first kappa shape index (κ1) is 16.2. The Morgan fingerprint density at radius 2 is 1.95 bits per heavy atom. The second kappa shape index (κ2) is 8.33. The summed E-state index contributed by atoms with van der Waals surface area (Å²) < 4.78 is 4.95. The van der Waals surface area contributed by atoms with Crippen LogP contribution in [0.4, 0.5) is 0 Å². The van der Waals surface area contributed by atoms with Crippen molar-refractivity contribution in [1.82, 2.24) is 9.80 Å². The monoisotopic (exact) mass is 268 g/mol. The van der Waals surface area contributed by atoms with Crippen LogP contribution in [0.2, 0.25) is 0 Å². The van der Waals surface area contributed by atoms with Gasteiger partial charge < -0.3 is 9.64 Å². The lowest BCUT2D eigenvalue weighted by molar-refractivity contribution is -0.143. The van der Waals surface area contributed by atoms with Gasteiger partial charge in [-0.2, -0.15) is 0 Å². The second-order valence-corrected chi connectivity index (χ2v) is 5.14. The first-order valence-electron chi connectivity index (χ1n) is 7.33. The standard InChI is InChI=1S/C15H28N2O2/c1-5-13(3)14(4)17-11-9-16(10-12-17)8-7-15(18)19-6-2/h5,14H,6-12H2,1-4H3/b13-5-. The van der Waals surface area contributed by atoms with E-state index < -0.39 is 0 Å². The summed E-state index contributed by atoms with van der Waals surface area (Å²) in [5.41, 5.74) is 1.43. The normalized spacial score (nSPS) is 20.3. The van der Waals surface area contributed by atoms with E-state index in [0.717, 1.165) is 32.7 Å². The predicted octanol–water partition coefficient (Wildman–Crippen LogP) is 1.91. The van der Waals surface area contributed by atoms with Crippen molar-refractivity contribution >= 4 is 5.97 Å². The number of ether oxygens (including phenoxy) is 1. The van der Waals surface area contributed by atoms with Crippen molar-refractivity contribution in [2.45, 2.75) is 40.2 Å². The lowest BCUT2D eigenvalue weighted by Gasteiger charge is -2.38. The topological polar surface area (TPSA) is 32.8 Å². The Kier molecular flexibility index (Phi) is 7.10. The molecule has 0 aromatic carbocycles. The molecule has 0 aliphatic carbocycles. The van der Waals surface area contributed by atoms with Gasteiger partial charge >= 0.3 is 5.97 Å². The van der Waals surface area contributed by atoms with Gasteiger partial charge in [-0.15, -0.1) is 0 Å². The predicted molar refractivity (Wildman–Crippen MR) is 78.2 cm³/mol. The Labute approximate surface area is 117 Å². The molecule has 0 bridgehead atoms. The van der Waals surface area contributed by atoms with Crippen LogP contribution in [0.25, 0.3) is 0 Å².